The number of para-hydroxylation sites is 1. The van der Waals surface area contributed by atoms with E-state index in [9.17, 15) is 0 Å². The van der Waals surface area contributed by atoms with E-state index >= 15 is 0 Å². The van der Waals surface area contributed by atoms with Gasteiger partial charge in [0.15, 0.2) is 0 Å². The zero-order chi connectivity index (χ0) is 12.1. The van der Waals surface area contributed by atoms with E-state index in [0.717, 1.165) is 32.8 Å². The summed E-state index contributed by atoms with van der Waals surface area (Å²) in [7, 11) is 6.04. The molecule has 0 bridgehead atoms. The van der Waals surface area contributed by atoms with Crippen LogP contribution < -0.4 is 5.46 Å². The second-order valence-electron chi connectivity index (χ2n) is 4.34. The topological polar surface area (TPSA) is 26.0 Å². The van der Waals surface area contributed by atoms with Crippen molar-refractivity contribution in [1.82, 2.24) is 4.98 Å². The number of benzene rings is 2. The highest BCUT2D eigenvalue weighted by Crippen LogP contribution is 2.32. The van der Waals surface area contributed by atoms with Gasteiger partial charge in [-0.25, -0.2) is 0 Å². The largest absolute Gasteiger partial charge is 0.456 e. The first-order valence-electron chi connectivity index (χ1n) is 5.79. The minimum absolute atomic E-state index is 0.699. The SMILES string of the molecule is [B]c1cc2oc3ccccc3c2c2ncccc12. The fourth-order valence-corrected chi connectivity index (χ4v) is 2.47. The van der Waals surface area contributed by atoms with Crippen molar-refractivity contribution in [3.63, 3.8) is 0 Å². The van der Waals surface area contributed by atoms with E-state index in [4.69, 9.17) is 12.3 Å². The van der Waals surface area contributed by atoms with Gasteiger partial charge >= 0.3 is 0 Å². The summed E-state index contributed by atoms with van der Waals surface area (Å²) in [5.74, 6) is 0. The maximum absolute atomic E-state index is 6.04. The number of aromatic nitrogens is 1. The van der Waals surface area contributed by atoms with Crippen LogP contribution in [0.2, 0.25) is 0 Å². The first-order chi connectivity index (χ1) is 8.84. The Morgan fingerprint density at radius 2 is 1.78 bits per heavy atom. The second kappa shape index (κ2) is 3.36. The van der Waals surface area contributed by atoms with Crippen LogP contribution in [0.5, 0.6) is 0 Å². The average molecular weight is 229 g/mol. The van der Waals surface area contributed by atoms with Crippen molar-refractivity contribution in [3.05, 3.63) is 48.7 Å². The summed E-state index contributed by atoms with van der Waals surface area (Å²) >= 11 is 0. The van der Waals surface area contributed by atoms with Gasteiger partial charge in [0.25, 0.3) is 0 Å². The molecule has 2 nitrogen and oxygen atoms in total. The number of hydrogen-bond acceptors (Lipinski definition) is 2. The summed E-state index contributed by atoms with van der Waals surface area (Å²) in [6, 6.07) is 13.7. The molecule has 2 radical (unpaired) electrons. The molecule has 2 heterocycles. The highest BCUT2D eigenvalue weighted by atomic mass is 16.3. The van der Waals surface area contributed by atoms with E-state index in [2.05, 4.69) is 4.98 Å². The fraction of sp³-hybridized carbons (Fsp3) is 0. The lowest BCUT2D eigenvalue weighted by molar-refractivity contribution is 0.669. The van der Waals surface area contributed by atoms with Crippen LogP contribution in [0.15, 0.2) is 53.1 Å². The zero-order valence-corrected chi connectivity index (χ0v) is 9.55. The first-order valence-corrected chi connectivity index (χ1v) is 5.79. The van der Waals surface area contributed by atoms with Crippen molar-refractivity contribution in [2.75, 3.05) is 0 Å². The third kappa shape index (κ3) is 1.16. The summed E-state index contributed by atoms with van der Waals surface area (Å²) in [5.41, 5.74) is 3.26. The standard InChI is InChI=1S/C15H8BNO/c16-11-8-13-14(15-9(11)5-3-7-17-15)10-4-1-2-6-12(10)18-13/h1-8H. The Kier molecular flexibility index (Phi) is 1.81. The van der Waals surface area contributed by atoms with E-state index < -0.39 is 0 Å². The molecular weight excluding hydrogens is 221 g/mol. The molecule has 4 aromatic rings. The third-order valence-corrected chi connectivity index (χ3v) is 3.26. The monoisotopic (exact) mass is 229 g/mol. The van der Waals surface area contributed by atoms with E-state index in [1.807, 2.05) is 42.5 Å². The Balaban J connectivity index is 2.39. The molecule has 0 aliphatic rings. The molecule has 0 atom stereocenters. The van der Waals surface area contributed by atoms with Gasteiger partial charge in [-0.2, -0.15) is 0 Å². The maximum Gasteiger partial charge on any atom is 0.137 e. The quantitative estimate of drug-likeness (QED) is 0.433. The van der Waals surface area contributed by atoms with E-state index in [1.165, 1.54) is 0 Å². The predicted molar refractivity (Wildman–Crippen MR) is 74.4 cm³/mol. The normalized spacial score (nSPS) is 11.6. The molecule has 0 N–H and O–H groups in total. The van der Waals surface area contributed by atoms with Crippen LogP contribution in [0.1, 0.15) is 0 Å². The van der Waals surface area contributed by atoms with Crippen LogP contribution in [0.4, 0.5) is 0 Å². The highest BCUT2D eigenvalue weighted by Gasteiger charge is 2.11. The number of fused-ring (bicyclic) bond motifs is 5. The molecule has 0 amide bonds. The molecule has 2 aromatic heterocycles. The summed E-state index contributed by atoms with van der Waals surface area (Å²) in [4.78, 5) is 4.45. The van der Waals surface area contributed by atoms with Crippen LogP contribution in [-0.2, 0) is 0 Å². The van der Waals surface area contributed by atoms with Crippen molar-refractivity contribution in [1.29, 1.82) is 0 Å². The molecule has 4 rings (SSSR count). The van der Waals surface area contributed by atoms with Gasteiger partial charge in [-0.3, -0.25) is 4.98 Å². The lowest BCUT2D eigenvalue weighted by Gasteiger charge is -2.02. The van der Waals surface area contributed by atoms with Gasteiger partial charge in [-0.1, -0.05) is 29.7 Å². The Morgan fingerprint density at radius 3 is 2.72 bits per heavy atom. The van der Waals surface area contributed by atoms with Crippen molar-refractivity contribution < 1.29 is 4.42 Å². The number of furan rings is 1. The average Bonchev–Trinajstić information content (AvgIpc) is 2.77. The Morgan fingerprint density at radius 1 is 0.944 bits per heavy atom. The number of rotatable bonds is 0. The number of nitrogens with zero attached hydrogens (tertiary/aromatic N) is 1. The molecular formula is C15H8BNO. The summed E-state index contributed by atoms with van der Waals surface area (Å²) in [6.45, 7) is 0. The van der Waals surface area contributed by atoms with Gasteiger partial charge in [0.2, 0.25) is 0 Å². The molecule has 0 aliphatic carbocycles. The van der Waals surface area contributed by atoms with Gasteiger partial charge in [0, 0.05) is 11.6 Å². The first kappa shape index (κ1) is 9.72. The lowest BCUT2D eigenvalue weighted by Crippen LogP contribution is -2.03. The van der Waals surface area contributed by atoms with E-state index in [-0.39, 0.29) is 0 Å². The number of pyridine rings is 1. The summed E-state index contributed by atoms with van der Waals surface area (Å²) in [5, 5.41) is 3.09. The maximum atomic E-state index is 6.04. The van der Waals surface area contributed by atoms with Crippen molar-refractivity contribution in [2.45, 2.75) is 0 Å². The molecule has 82 valence electrons. The molecule has 0 fully saturated rings. The zero-order valence-electron chi connectivity index (χ0n) is 9.55. The van der Waals surface area contributed by atoms with Gasteiger partial charge in [0.05, 0.1) is 10.9 Å². The van der Waals surface area contributed by atoms with Crippen molar-refractivity contribution in [2.24, 2.45) is 0 Å². The molecule has 0 unspecified atom stereocenters. The third-order valence-electron chi connectivity index (χ3n) is 3.26. The van der Waals surface area contributed by atoms with Crippen molar-refractivity contribution in [3.8, 4) is 0 Å². The van der Waals surface area contributed by atoms with Crippen LogP contribution >= 0.6 is 0 Å². The molecule has 2 aromatic carbocycles. The Hall–Kier alpha value is -2.29. The van der Waals surface area contributed by atoms with Crippen LogP contribution in [-0.4, -0.2) is 12.8 Å². The Bertz CT molecular complexity index is 895. The van der Waals surface area contributed by atoms with Gasteiger partial charge in [-0.05, 0) is 23.6 Å². The summed E-state index contributed by atoms with van der Waals surface area (Å²) in [6.07, 6.45) is 1.78. The lowest BCUT2D eigenvalue weighted by atomic mass is 9.90. The van der Waals surface area contributed by atoms with Crippen LogP contribution in [0.25, 0.3) is 32.8 Å². The molecule has 0 aliphatic heterocycles. The summed E-state index contributed by atoms with van der Waals surface area (Å²) < 4.78 is 5.82. The van der Waals surface area contributed by atoms with Gasteiger partial charge in [0.1, 0.15) is 19.0 Å². The van der Waals surface area contributed by atoms with Crippen molar-refractivity contribution >= 4 is 46.2 Å². The van der Waals surface area contributed by atoms with Crippen LogP contribution in [0, 0.1) is 0 Å². The molecule has 18 heavy (non-hydrogen) atoms. The highest BCUT2D eigenvalue weighted by molar-refractivity contribution is 6.41. The van der Waals surface area contributed by atoms with E-state index in [0.29, 0.717) is 5.46 Å². The van der Waals surface area contributed by atoms with Gasteiger partial charge in [-0.15, -0.1) is 0 Å². The minimum atomic E-state index is 0.699. The molecule has 0 saturated carbocycles. The fourth-order valence-electron chi connectivity index (χ4n) is 2.47. The Labute approximate surface area is 105 Å². The number of hydrogen-bond donors (Lipinski definition) is 0. The van der Waals surface area contributed by atoms with Crippen LogP contribution in [0.3, 0.4) is 0 Å². The predicted octanol–water partition coefficient (Wildman–Crippen LogP) is 2.93. The second-order valence-corrected chi connectivity index (χ2v) is 4.34. The minimum Gasteiger partial charge on any atom is -0.456 e. The van der Waals surface area contributed by atoms with Gasteiger partial charge < -0.3 is 4.42 Å². The molecule has 0 saturated heterocycles. The smallest absolute Gasteiger partial charge is 0.137 e. The molecule has 3 heteroatoms. The van der Waals surface area contributed by atoms with E-state index in [1.54, 1.807) is 6.20 Å². The molecule has 0 spiro atoms.